The molecule has 4 aliphatic rings. The number of quaternary nitrogens is 1. The van der Waals surface area contributed by atoms with Crippen LogP contribution in [-0.4, -0.2) is 188 Å². The number of rotatable bonds is 31. The van der Waals surface area contributed by atoms with Crippen LogP contribution in [0.1, 0.15) is 89.9 Å². The van der Waals surface area contributed by atoms with Crippen LogP contribution in [0.2, 0.25) is 5.02 Å². The average Bonchev–Trinajstić information content (AvgIpc) is 1.57. The predicted molar refractivity (Wildman–Crippen MR) is 333 cm³/mol. The number of nitrogens with one attached hydrogen (secondary N) is 4. The van der Waals surface area contributed by atoms with E-state index in [4.69, 9.17) is 50.1 Å². The minimum absolute atomic E-state index is 0.0624. The molecular weight excluding hydrogens is 1210 g/mol. The summed E-state index contributed by atoms with van der Waals surface area (Å²) in [4.78, 5) is 86.1. The van der Waals surface area contributed by atoms with Crippen LogP contribution in [0.3, 0.4) is 0 Å². The summed E-state index contributed by atoms with van der Waals surface area (Å²) in [6.45, 7) is 11.5. The van der Waals surface area contributed by atoms with Crippen LogP contribution in [0.4, 0.5) is 4.39 Å². The summed E-state index contributed by atoms with van der Waals surface area (Å²) < 4.78 is 52.6. The summed E-state index contributed by atoms with van der Waals surface area (Å²) in [6.07, 6.45) is 2.49. The maximum Gasteiger partial charge on any atom is 0.340 e. The van der Waals surface area contributed by atoms with Gasteiger partial charge >= 0.3 is 11.9 Å². The Labute approximate surface area is 527 Å². The lowest BCUT2D eigenvalue weighted by Crippen LogP contribution is -2.65. The topological polar surface area (TPSA) is 285 Å². The Bertz CT molecular complexity index is 3780. The van der Waals surface area contributed by atoms with Gasteiger partial charge in [-0.2, -0.15) is 5.10 Å². The van der Waals surface area contributed by atoms with Gasteiger partial charge in [0.25, 0.3) is 0 Å². The van der Waals surface area contributed by atoms with Crippen molar-refractivity contribution in [1.29, 1.82) is 0 Å². The van der Waals surface area contributed by atoms with Crippen LogP contribution in [0.15, 0.2) is 65.8 Å². The zero-order chi connectivity index (χ0) is 63.3. The molecule has 4 aliphatic heterocycles. The van der Waals surface area contributed by atoms with Crippen LogP contribution in [0, 0.1) is 26.6 Å². The van der Waals surface area contributed by atoms with Crippen LogP contribution >= 0.6 is 22.9 Å². The molecular formula is C62H74ClFN13O12S+. The second kappa shape index (κ2) is 30.3. The maximum absolute atomic E-state index is 16.2. The van der Waals surface area contributed by atoms with Gasteiger partial charge < -0.3 is 49.7 Å². The van der Waals surface area contributed by atoms with Gasteiger partial charge in [0.2, 0.25) is 23.6 Å². The number of nitrogens with zero attached hydrogens (tertiary/aromatic N) is 9. The Kier molecular flexibility index (Phi) is 21.9. The number of fused-ring (bicyclic) bond motifs is 5. The van der Waals surface area contributed by atoms with Crippen molar-refractivity contribution in [3.63, 3.8) is 0 Å². The molecule has 90 heavy (non-hydrogen) atoms. The van der Waals surface area contributed by atoms with Gasteiger partial charge in [-0.05, 0) is 69.2 Å². The third-order valence-corrected chi connectivity index (χ3v) is 17.5. The van der Waals surface area contributed by atoms with Gasteiger partial charge in [0.15, 0.2) is 5.82 Å². The second-order valence-corrected chi connectivity index (χ2v) is 23.6. The fraction of sp³-hybridized carbons (Fsp3) is 0.468. The summed E-state index contributed by atoms with van der Waals surface area (Å²) in [5.74, 6) is -1.71. The van der Waals surface area contributed by atoms with Crippen molar-refractivity contribution in [1.82, 2.24) is 60.3 Å². The van der Waals surface area contributed by atoms with E-state index in [1.54, 1.807) is 46.1 Å². The smallest absolute Gasteiger partial charge is 0.340 e. The number of carbonyl (C=O) groups is 6. The summed E-state index contributed by atoms with van der Waals surface area (Å²) in [7, 11) is 0. The molecule has 0 radical (unpaired) electrons. The minimum atomic E-state index is -0.595. The number of aryl methyl sites for hydroxylation is 2. The zero-order valence-corrected chi connectivity index (χ0v) is 52.4. The number of thiophene rings is 1. The Hall–Kier alpha value is -7.89. The number of aliphatic imine (C=N–C) groups is 1. The van der Waals surface area contributed by atoms with Crippen molar-refractivity contribution < 1.29 is 61.6 Å². The zero-order valence-electron chi connectivity index (χ0n) is 50.8. The lowest BCUT2D eigenvalue weighted by molar-refractivity contribution is -0.143. The molecule has 1 atom stereocenters. The van der Waals surface area contributed by atoms with Crippen LogP contribution in [0.25, 0.3) is 37.9 Å². The SMILES string of the molecule is CCOC(=O)CNC(=O)CNC(=O)Cn1nc2c3c(cccc31)-c1cc3c(cnn3[N+]3(C(=O)CCC(=O)NCCOCCOCCOCCOCCOCCNC(=O)C[C@@H]4N=C(c5ccc(Cl)cc5)c5c(sc(C)c5C)-n5c(C)nnc54)CCC2CC3)cc1F. The van der Waals surface area contributed by atoms with Crippen molar-refractivity contribution in [3.05, 3.63) is 111 Å². The highest BCUT2D eigenvalue weighted by Gasteiger charge is 2.46. The first kappa shape index (κ1) is 65.1. The highest BCUT2D eigenvalue weighted by molar-refractivity contribution is 7.15. The largest absolute Gasteiger partial charge is 0.465 e. The van der Waals surface area contributed by atoms with E-state index >= 15 is 4.39 Å². The molecule has 4 N–H and O–H groups in total. The van der Waals surface area contributed by atoms with Crippen LogP contribution < -0.4 is 25.9 Å². The fourth-order valence-electron chi connectivity index (χ4n) is 11.5. The Morgan fingerprint density at radius 2 is 1.39 bits per heavy atom. The van der Waals surface area contributed by atoms with E-state index in [1.165, 1.54) is 10.9 Å². The Morgan fingerprint density at radius 3 is 2.07 bits per heavy atom. The molecule has 5 amide bonds. The fourth-order valence-corrected chi connectivity index (χ4v) is 12.8. The molecule has 3 aromatic carbocycles. The first-order chi connectivity index (χ1) is 43.6. The number of hydrogen-bond donors (Lipinski definition) is 4. The van der Waals surface area contributed by atoms with Crippen molar-refractivity contribution in [2.45, 2.75) is 78.3 Å². The summed E-state index contributed by atoms with van der Waals surface area (Å²) in [6, 6.07) is 15.5. The molecule has 4 aromatic heterocycles. The molecule has 8 heterocycles. The molecule has 28 heteroatoms. The van der Waals surface area contributed by atoms with Crippen LogP contribution in [0.5, 0.6) is 0 Å². The predicted octanol–water partition coefficient (Wildman–Crippen LogP) is 5.14. The normalized spacial score (nSPS) is 16.5. The Balaban J connectivity index is 0.586. The lowest BCUT2D eigenvalue weighted by Gasteiger charge is -2.39. The van der Waals surface area contributed by atoms with E-state index < -0.39 is 29.6 Å². The highest BCUT2D eigenvalue weighted by atomic mass is 35.5. The molecule has 1 fully saturated rings. The van der Waals surface area contributed by atoms with E-state index in [1.807, 2.05) is 47.9 Å². The molecule has 4 bridgehead atoms. The van der Waals surface area contributed by atoms with Gasteiger partial charge in [0.05, 0.1) is 115 Å². The first-order valence-electron chi connectivity index (χ1n) is 30.2. The number of aromatic nitrogens is 7. The number of piperidine rings is 1. The second-order valence-electron chi connectivity index (χ2n) is 21.9. The molecule has 478 valence electrons. The van der Waals surface area contributed by atoms with Crippen LogP contribution in [-0.2, 0) is 63.7 Å². The number of halogens is 2. The van der Waals surface area contributed by atoms with E-state index in [0.717, 1.165) is 33.2 Å². The summed E-state index contributed by atoms with van der Waals surface area (Å²) in [5.41, 5.74) is 6.47. The van der Waals surface area contributed by atoms with Crippen molar-refractivity contribution in [2.24, 2.45) is 4.99 Å². The number of esters is 1. The monoisotopic (exact) mass is 1280 g/mol. The molecule has 0 saturated carbocycles. The molecule has 0 unspecified atom stereocenters. The summed E-state index contributed by atoms with van der Waals surface area (Å²) in [5, 5.41) is 32.1. The number of carbonyl (C=O) groups excluding carboxylic acids is 6. The highest BCUT2D eigenvalue weighted by Crippen LogP contribution is 2.43. The average molecular weight is 1280 g/mol. The van der Waals surface area contributed by atoms with Gasteiger partial charge in [-0.1, -0.05) is 40.7 Å². The first-order valence-corrected chi connectivity index (χ1v) is 31.4. The van der Waals surface area contributed by atoms with Crippen molar-refractivity contribution in [2.75, 3.05) is 112 Å². The quantitative estimate of drug-likeness (QED) is 0.0249. The number of benzene rings is 3. The van der Waals surface area contributed by atoms with Gasteiger partial charge in [-0.25, -0.2) is 9.18 Å². The third kappa shape index (κ3) is 15.1. The molecule has 25 nitrogen and oxygen atoms in total. The van der Waals surface area contributed by atoms with E-state index in [-0.39, 0.29) is 92.5 Å². The van der Waals surface area contributed by atoms with Gasteiger partial charge in [0.1, 0.15) is 54.4 Å². The molecule has 0 spiro atoms. The van der Waals surface area contributed by atoms with E-state index in [2.05, 4.69) is 50.4 Å². The Morgan fingerprint density at radius 1 is 0.733 bits per heavy atom. The molecule has 11 rings (SSSR count). The third-order valence-electron chi connectivity index (χ3n) is 16.0. The number of ether oxygens (including phenoxy) is 6. The standard InChI is InChI=1S/C62H73ClFN13O12S/c1-5-89-56(83)36-68-53(80)35-67-54(81)37-74-49-8-6-7-45-46-32-50-43(31-47(46)64)34-69-76(50)77(19-15-42(16-20-77)60(73-74)58(45)49)55(82)14-13-51(78)65-17-21-84-23-25-86-27-29-88-30-28-87-26-24-85-22-18-66-52(79)33-48-61-72-71-40(4)75(61)62-57(38(2)39(3)90-62)59(70-48)41-9-11-44(63)12-10-41/h6-12,31-32,34,42,48H,5,13-30,33,35-37H2,1-4H3,(H3-,65,66,67,68,78,79,80,81)/p+1/t42?,48-,77?/m0/s1. The minimum Gasteiger partial charge on any atom is -0.465 e. The van der Waals surface area contributed by atoms with Crippen molar-refractivity contribution >= 4 is 86.0 Å². The maximum atomic E-state index is 16.2. The van der Waals surface area contributed by atoms with E-state index in [0.29, 0.717) is 136 Å². The molecule has 7 aromatic rings. The van der Waals surface area contributed by atoms with Gasteiger partial charge in [0, 0.05) is 75.6 Å². The van der Waals surface area contributed by atoms with Gasteiger partial charge in [-0.3, -0.25) is 38.2 Å². The molecule has 1 saturated heterocycles. The summed E-state index contributed by atoms with van der Waals surface area (Å²) >= 11 is 7.90. The van der Waals surface area contributed by atoms with E-state index in [9.17, 15) is 28.8 Å². The molecule has 0 aliphatic carbocycles. The number of amides is 5. The number of hydrogen-bond acceptors (Lipinski definition) is 18. The van der Waals surface area contributed by atoms with Gasteiger partial charge in [-0.15, -0.1) is 31.2 Å². The lowest BCUT2D eigenvalue weighted by atomic mass is 9.88. The van der Waals surface area contributed by atoms with Crippen molar-refractivity contribution in [3.8, 4) is 16.1 Å².